The van der Waals surface area contributed by atoms with Gasteiger partial charge in [0.15, 0.2) is 0 Å². The molecule has 0 bridgehead atoms. The molecule has 0 spiro atoms. The first kappa shape index (κ1) is 11.3. The van der Waals surface area contributed by atoms with E-state index >= 15 is 0 Å². The average Bonchev–Trinajstić information content (AvgIpc) is 2.53. The van der Waals surface area contributed by atoms with E-state index in [4.69, 9.17) is 0 Å². The lowest BCUT2D eigenvalue weighted by Crippen LogP contribution is -1.93. The lowest BCUT2D eigenvalue weighted by molar-refractivity contribution is 0.857. The van der Waals surface area contributed by atoms with Gasteiger partial charge in [-0.2, -0.15) is 0 Å². The van der Waals surface area contributed by atoms with Crippen LogP contribution in [0.3, 0.4) is 0 Å². The fourth-order valence-electron chi connectivity index (χ4n) is 1.60. The van der Waals surface area contributed by atoms with Gasteiger partial charge in [-0.15, -0.1) is 11.3 Å². The minimum absolute atomic E-state index is 0.580. The van der Waals surface area contributed by atoms with Crippen LogP contribution in [0.25, 0.3) is 11.1 Å². The Hall–Kier alpha value is -0.820. The Kier molecular flexibility index (Phi) is 3.70. The fourth-order valence-corrected chi connectivity index (χ4v) is 2.79. The molecule has 0 atom stereocenters. The standard InChI is InChI=1S/C13H18S/c1-6-11(9(2)3)13-12(10(4)5)7-8-14-13/h6-9H,4H2,1-3,5H3. The minimum atomic E-state index is 0.580. The highest BCUT2D eigenvalue weighted by Gasteiger charge is 2.11. The smallest absolute Gasteiger partial charge is 0.0376 e. The van der Waals surface area contributed by atoms with Crippen molar-refractivity contribution in [1.29, 1.82) is 0 Å². The van der Waals surface area contributed by atoms with E-state index in [-0.39, 0.29) is 0 Å². The zero-order valence-electron chi connectivity index (χ0n) is 9.42. The molecular formula is C13H18S. The van der Waals surface area contributed by atoms with Gasteiger partial charge in [-0.05, 0) is 47.9 Å². The van der Waals surface area contributed by atoms with Gasteiger partial charge >= 0.3 is 0 Å². The van der Waals surface area contributed by atoms with E-state index in [2.05, 4.69) is 51.8 Å². The summed E-state index contributed by atoms with van der Waals surface area (Å²) in [5.74, 6) is 0.580. The van der Waals surface area contributed by atoms with Crippen LogP contribution in [-0.2, 0) is 0 Å². The molecule has 0 aromatic carbocycles. The van der Waals surface area contributed by atoms with E-state index in [1.165, 1.54) is 16.0 Å². The van der Waals surface area contributed by atoms with Crippen molar-refractivity contribution in [1.82, 2.24) is 0 Å². The molecule has 1 heteroatoms. The lowest BCUT2D eigenvalue weighted by atomic mass is 9.97. The Morgan fingerprint density at radius 3 is 2.57 bits per heavy atom. The van der Waals surface area contributed by atoms with Crippen LogP contribution in [0.15, 0.2) is 24.1 Å². The van der Waals surface area contributed by atoms with Crippen molar-refractivity contribution in [2.24, 2.45) is 5.92 Å². The van der Waals surface area contributed by atoms with E-state index in [1.54, 1.807) is 0 Å². The summed E-state index contributed by atoms with van der Waals surface area (Å²) in [6, 6.07) is 2.16. The van der Waals surface area contributed by atoms with Crippen molar-refractivity contribution in [2.75, 3.05) is 0 Å². The molecule has 1 aromatic rings. The van der Waals surface area contributed by atoms with Gasteiger partial charge in [-0.3, -0.25) is 0 Å². The van der Waals surface area contributed by atoms with Crippen molar-refractivity contribution < 1.29 is 0 Å². The summed E-state index contributed by atoms with van der Waals surface area (Å²) in [4.78, 5) is 1.38. The van der Waals surface area contributed by atoms with Gasteiger partial charge in [0.1, 0.15) is 0 Å². The number of hydrogen-bond acceptors (Lipinski definition) is 1. The first-order chi connectivity index (χ1) is 6.57. The highest BCUT2D eigenvalue weighted by molar-refractivity contribution is 7.11. The molecule has 1 aromatic heterocycles. The Morgan fingerprint density at radius 2 is 2.14 bits per heavy atom. The van der Waals surface area contributed by atoms with Gasteiger partial charge in [0.25, 0.3) is 0 Å². The molecule has 0 amide bonds. The zero-order valence-corrected chi connectivity index (χ0v) is 10.2. The number of hydrogen-bond donors (Lipinski definition) is 0. The van der Waals surface area contributed by atoms with Gasteiger partial charge in [0.05, 0.1) is 0 Å². The monoisotopic (exact) mass is 206 g/mol. The third-order valence-corrected chi connectivity index (χ3v) is 3.28. The molecular weight excluding hydrogens is 188 g/mol. The van der Waals surface area contributed by atoms with E-state index in [1.807, 2.05) is 11.3 Å². The molecule has 0 aliphatic heterocycles. The van der Waals surface area contributed by atoms with Crippen molar-refractivity contribution in [3.8, 4) is 0 Å². The van der Waals surface area contributed by atoms with Gasteiger partial charge in [-0.1, -0.05) is 26.5 Å². The summed E-state index contributed by atoms with van der Waals surface area (Å²) < 4.78 is 0. The molecule has 0 radical (unpaired) electrons. The molecule has 0 saturated heterocycles. The largest absolute Gasteiger partial charge is 0.144 e. The number of allylic oxidation sites excluding steroid dienone is 3. The molecule has 0 fully saturated rings. The SMILES string of the molecule is C=C(C)c1ccsc1C(=CC)C(C)C. The van der Waals surface area contributed by atoms with Gasteiger partial charge in [0.2, 0.25) is 0 Å². The van der Waals surface area contributed by atoms with E-state index < -0.39 is 0 Å². The van der Waals surface area contributed by atoms with Crippen LogP contribution >= 0.6 is 11.3 Å². The summed E-state index contributed by atoms with van der Waals surface area (Å²) in [6.45, 7) is 12.7. The molecule has 0 aliphatic carbocycles. The molecule has 1 rings (SSSR count). The van der Waals surface area contributed by atoms with Crippen LogP contribution < -0.4 is 0 Å². The minimum Gasteiger partial charge on any atom is -0.144 e. The first-order valence-corrected chi connectivity index (χ1v) is 5.85. The van der Waals surface area contributed by atoms with Crippen LogP contribution in [0, 0.1) is 5.92 Å². The number of thiophene rings is 1. The van der Waals surface area contributed by atoms with Crippen molar-refractivity contribution in [3.05, 3.63) is 34.5 Å². The third kappa shape index (κ3) is 2.16. The van der Waals surface area contributed by atoms with Crippen LogP contribution in [0.2, 0.25) is 0 Å². The first-order valence-electron chi connectivity index (χ1n) is 4.97. The Labute approximate surface area is 91.0 Å². The van der Waals surface area contributed by atoms with Gasteiger partial charge in [-0.25, -0.2) is 0 Å². The quantitative estimate of drug-likeness (QED) is 0.663. The maximum atomic E-state index is 4.01. The average molecular weight is 206 g/mol. The normalized spacial score (nSPS) is 12.2. The third-order valence-electron chi connectivity index (χ3n) is 2.32. The van der Waals surface area contributed by atoms with Crippen LogP contribution in [0.5, 0.6) is 0 Å². The highest BCUT2D eigenvalue weighted by atomic mass is 32.1. The second-order valence-corrected chi connectivity index (χ2v) is 4.76. The molecule has 0 aliphatic rings. The summed E-state index contributed by atoms with van der Waals surface area (Å²) >= 11 is 1.81. The van der Waals surface area contributed by atoms with Crippen molar-refractivity contribution in [2.45, 2.75) is 27.7 Å². The summed E-state index contributed by atoms with van der Waals surface area (Å²) in [6.07, 6.45) is 2.21. The fraction of sp³-hybridized carbons (Fsp3) is 0.385. The second-order valence-electron chi connectivity index (χ2n) is 3.84. The predicted octanol–water partition coefficient (Wildman–Crippen LogP) is 4.84. The second kappa shape index (κ2) is 4.61. The predicted molar refractivity (Wildman–Crippen MR) is 67.5 cm³/mol. The summed E-state index contributed by atoms with van der Waals surface area (Å²) in [5, 5.41) is 2.14. The highest BCUT2D eigenvalue weighted by Crippen LogP contribution is 2.33. The number of rotatable bonds is 3. The van der Waals surface area contributed by atoms with Crippen LogP contribution in [-0.4, -0.2) is 0 Å². The van der Waals surface area contributed by atoms with E-state index in [9.17, 15) is 0 Å². The Bertz CT molecular complexity index is 353. The summed E-state index contributed by atoms with van der Waals surface area (Å²) in [7, 11) is 0. The molecule has 14 heavy (non-hydrogen) atoms. The molecule has 76 valence electrons. The Balaban J connectivity index is 3.18. The van der Waals surface area contributed by atoms with Crippen molar-refractivity contribution in [3.63, 3.8) is 0 Å². The lowest BCUT2D eigenvalue weighted by Gasteiger charge is -2.11. The van der Waals surface area contributed by atoms with Crippen LogP contribution in [0.4, 0.5) is 0 Å². The maximum absolute atomic E-state index is 4.01. The topological polar surface area (TPSA) is 0 Å². The van der Waals surface area contributed by atoms with Gasteiger partial charge in [0, 0.05) is 4.88 Å². The van der Waals surface area contributed by atoms with Gasteiger partial charge < -0.3 is 0 Å². The zero-order chi connectivity index (χ0) is 10.7. The van der Waals surface area contributed by atoms with E-state index in [0.717, 1.165) is 5.57 Å². The molecule has 0 N–H and O–H groups in total. The summed E-state index contributed by atoms with van der Waals surface area (Å²) in [5.41, 5.74) is 3.89. The van der Waals surface area contributed by atoms with Crippen LogP contribution in [0.1, 0.15) is 38.1 Å². The maximum Gasteiger partial charge on any atom is 0.0376 e. The molecule has 0 nitrogen and oxygen atoms in total. The molecule has 0 saturated carbocycles. The molecule has 1 heterocycles. The molecule has 0 unspecified atom stereocenters. The van der Waals surface area contributed by atoms with Crippen molar-refractivity contribution >= 4 is 22.5 Å². The van der Waals surface area contributed by atoms with E-state index in [0.29, 0.717) is 5.92 Å². The Morgan fingerprint density at radius 1 is 1.50 bits per heavy atom.